The van der Waals surface area contributed by atoms with E-state index < -0.39 is 23.9 Å². The number of carbonyl (C=O) groups excluding carboxylic acids is 1. The van der Waals surface area contributed by atoms with Crippen LogP contribution in [0.5, 0.6) is 0 Å². The summed E-state index contributed by atoms with van der Waals surface area (Å²) in [6.07, 6.45) is -2.22. The van der Waals surface area contributed by atoms with Gasteiger partial charge in [-0.15, -0.1) is 6.58 Å². The molecule has 6 heteroatoms. The summed E-state index contributed by atoms with van der Waals surface area (Å²) in [6, 6.07) is 20.4. The normalized spacial score (nSPS) is 13.7. The lowest BCUT2D eigenvalue weighted by molar-refractivity contribution is -0.137. The number of halogens is 3. The lowest BCUT2D eigenvalue weighted by Crippen LogP contribution is -2.30. The molecule has 1 aliphatic carbocycles. The first kappa shape index (κ1) is 22.6. The van der Waals surface area contributed by atoms with Crippen LogP contribution in [0.1, 0.15) is 47.1 Å². The molecule has 0 bridgehead atoms. The molecule has 0 aromatic heterocycles. The molecule has 1 atom stereocenters. The van der Waals surface area contributed by atoms with Gasteiger partial charge in [-0.05, 0) is 52.8 Å². The number of benzene rings is 3. The second-order valence-electron chi connectivity index (χ2n) is 8.01. The Morgan fingerprint density at radius 3 is 2.09 bits per heavy atom. The molecule has 1 N–H and O–H groups in total. The summed E-state index contributed by atoms with van der Waals surface area (Å²) >= 11 is 0. The minimum Gasteiger partial charge on any atom is -0.449 e. The average molecular weight is 451 g/mol. The van der Waals surface area contributed by atoms with Crippen LogP contribution in [0.15, 0.2) is 85.5 Å². The van der Waals surface area contributed by atoms with Crippen molar-refractivity contribution in [2.75, 3.05) is 6.61 Å². The van der Waals surface area contributed by atoms with Crippen LogP contribution < -0.4 is 5.32 Å². The largest absolute Gasteiger partial charge is 0.449 e. The highest BCUT2D eigenvalue weighted by molar-refractivity contribution is 5.79. The van der Waals surface area contributed by atoms with Gasteiger partial charge in [0, 0.05) is 5.92 Å². The number of ether oxygens (including phenoxy) is 1. The SMILES string of the molecule is C=CCCC(NC(=O)OCC1c2ccccc2-c2ccccc21)c1ccc(C(F)(F)F)cc1. The van der Waals surface area contributed by atoms with Crippen molar-refractivity contribution in [1.82, 2.24) is 5.32 Å². The first-order chi connectivity index (χ1) is 15.9. The highest BCUT2D eigenvalue weighted by Gasteiger charge is 2.31. The van der Waals surface area contributed by atoms with Crippen LogP contribution in [0.4, 0.5) is 18.0 Å². The maximum atomic E-state index is 12.9. The molecule has 3 aromatic rings. The smallest absolute Gasteiger partial charge is 0.416 e. The number of rotatable bonds is 7. The third-order valence-corrected chi connectivity index (χ3v) is 5.94. The van der Waals surface area contributed by atoms with Crippen LogP contribution in [0.2, 0.25) is 0 Å². The Hall–Kier alpha value is -3.54. The second kappa shape index (κ2) is 9.53. The zero-order valence-corrected chi connectivity index (χ0v) is 17.9. The minimum atomic E-state index is -4.41. The molecule has 0 aliphatic heterocycles. The maximum absolute atomic E-state index is 12.9. The Balaban J connectivity index is 1.46. The van der Waals surface area contributed by atoms with Crippen molar-refractivity contribution >= 4 is 6.09 Å². The highest BCUT2D eigenvalue weighted by Crippen LogP contribution is 2.44. The van der Waals surface area contributed by atoms with Gasteiger partial charge in [-0.2, -0.15) is 13.2 Å². The number of hydrogen-bond acceptors (Lipinski definition) is 2. The van der Waals surface area contributed by atoms with E-state index in [0.29, 0.717) is 18.4 Å². The summed E-state index contributed by atoms with van der Waals surface area (Å²) in [4.78, 5) is 12.7. The van der Waals surface area contributed by atoms with Gasteiger partial charge in [0.25, 0.3) is 0 Å². The fourth-order valence-electron chi connectivity index (χ4n) is 4.29. The van der Waals surface area contributed by atoms with Crippen LogP contribution in [0.25, 0.3) is 11.1 Å². The average Bonchev–Trinajstić information content (AvgIpc) is 3.14. The van der Waals surface area contributed by atoms with Gasteiger partial charge in [0.1, 0.15) is 6.61 Å². The fourth-order valence-corrected chi connectivity index (χ4v) is 4.29. The van der Waals surface area contributed by atoms with Crippen molar-refractivity contribution in [3.05, 3.63) is 108 Å². The molecule has 1 aliphatic rings. The lowest BCUT2D eigenvalue weighted by Gasteiger charge is -2.20. The molecule has 0 saturated heterocycles. The molecule has 33 heavy (non-hydrogen) atoms. The van der Waals surface area contributed by atoms with E-state index in [1.54, 1.807) is 6.08 Å². The Morgan fingerprint density at radius 1 is 0.970 bits per heavy atom. The minimum absolute atomic E-state index is 0.0687. The molecular weight excluding hydrogens is 427 g/mol. The number of fused-ring (bicyclic) bond motifs is 3. The summed E-state index contributed by atoms with van der Waals surface area (Å²) < 4.78 is 44.3. The first-order valence-corrected chi connectivity index (χ1v) is 10.8. The molecule has 1 unspecified atom stereocenters. The molecule has 0 heterocycles. The van der Waals surface area contributed by atoms with Gasteiger partial charge >= 0.3 is 12.3 Å². The van der Waals surface area contributed by atoms with E-state index in [4.69, 9.17) is 4.74 Å². The second-order valence-corrected chi connectivity index (χ2v) is 8.01. The van der Waals surface area contributed by atoms with E-state index in [1.807, 2.05) is 36.4 Å². The molecule has 3 nitrogen and oxygen atoms in total. The van der Waals surface area contributed by atoms with Crippen molar-refractivity contribution < 1.29 is 22.7 Å². The summed E-state index contributed by atoms with van der Waals surface area (Å²) in [5.41, 5.74) is 4.34. The molecule has 170 valence electrons. The van der Waals surface area contributed by atoms with Gasteiger partial charge in [0.15, 0.2) is 0 Å². The number of alkyl carbamates (subject to hydrolysis) is 1. The number of alkyl halides is 3. The number of carbonyl (C=O) groups is 1. The van der Waals surface area contributed by atoms with E-state index in [1.165, 1.54) is 12.1 Å². The number of allylic oxidation sites excluding steroid dienone is 1. The highest BCUT2D eigenvalue weighted by atomic mass is 19.4. The van der Waals surface area contributed by atoms with Crippen molar-refractivity contribution in [3.63, 3.8) is 0 Å². The standard InChI is InChI=1S/C27H24F3NO2/c1-2-3-12-25(18-13-15-19(16-14-18)27(28,29)30)31-26(32)33-17-24-22-10-6-4-8-20(22)21-9-5-7-11-23(21)24/h2,4-11,13-16,24-25H,1,3,12,17H2,(H,31,32). The van der Waals surface area contributed by atoms with E-state index in [9.17, 15) is 18.0 Å². The molecule has 0 spiro atoms. The molecular formula is C27H24F3NO2. The van der Waals surface area contributed by atoms with Gasteiger partial charge in [-0.25, -0.2) is 4.79 Å². The Morgan fingerprint density at radius 2 is 1.55 bits per heavy atom. The predicted octanol–water partition coefficient (Wildman–Crippen LogP) is 7.25. The van der Waals surface area contributed by atoms with E-state index >= 15 is 0 Å². The van der Waals surface area contributed by atoms with Gasteiger partial charge < -0.3 is 10.1 Å². The Labute approximate surface area is 190 Å². The Bertz CT molecular complexity index is 1090. The summed E-state index contributed by atoms with van der Waals surface area (Å²) in [6.45, 7) is 3.86. The number of nitrogens with one attached hydrogen (secondary N) is 1. The quantitative estimate of drug-likeness (QED) is 0.384. The zero-order chi connectivity index (χ0) is 23.4. The van der Waals surface area contributed by atoms with Gasteiger partial charge in [0.2, 0.25) is 0 Å². The first-order valence-electron chi connectivity index (χ1n) is 10.8. The predicted molar refractivity (Wildman–Crippen MR) is 122 cm³/mol. The van der Waals surface area contributed by atoms with Crippen molar-refractivity contribution in [2.45, 2.75) is 31.0 Å². The summed E-state index contributed by atoms with van der Waals surface area (Å²) in [5, 5.41) is 2.81. The molecule has 3 aromatic carbocycles. The molecule has 0 fully saturated rings. The summed E-state index contributed by atoms with van der Waals surface area (Å²) in [7, 11) is 0. The van der Waals surface area contributed by atoms with Crippen LogP contribution in [-0.2, 0) is 10.9 Å². The third kappa shape index (κ3) is 4.95. The van der Waals surface area contributed by atoms with Crippen molar-refractivity contribution in [3.8, 4) is 11.1 Å². The van der Waals surface area contributed by atoms with Crippen LogP contribution in [0, 0.1) is 0 Å². The molecule has 4 rings (SSSR count). The van der Waals surface area contributed by atoms with E-state index in [-0.39, 0.29) is 12.5 Å². The number of hydrogen-bond donors (Lipinski definition) is 1. The number of amides is 1. The van der Waals surface area contributed by atoms with Crippen molar-refractivity contribution in [2.24, 2.45) is 0 Å². The van der Waals surface area contributed by atoms with Gasteiger partial charge in [-0.3, -0.25) is 0 Å². The van der Waals surface area contributed by atoms with Crippen LogP contribution in [0.3, 0.4) is 0 Å². The van der Waals surface area contributed by atoms with Crippen molar-refractivity contribution in [1.29, 1.82) is 0 Å². The van der Waals surface area contributed by atoms with Crippen LogP contribution in [-0.4, -0.2) is 12.7 Å². The topological polar surface area (TPSA) is 38.3 Å². The van der Waals surface area contributed by atoms with Crippen LogP contribution >= 0.6 is 0 Å². The summed E-state index contributed by atoms with van der Waals surface area (Å²) in [5.74, 6) is -0.0687. The lowest BCUT2D eigenvalue weighted by atomic mass is 9.98. The molecule has 0 radical (unpaired) electrons. The van der Waals surface area contributed by atoms with Gasteiger partial charge in [0.05, 0.1) is 11.6 Å². The fraction of sp³-hybridized carbons (Fsp3) is 0.222. The Kier molecular flexibility index (Phi) is 6.54. The molecule has 1 amide bonds. The van der Waals surface area contributed by atoms with Gasteiger partial charge in [-0.1, -0.05) is 66.7 Å². The maximum Gasteiger partial charge on any atom is 0.416 e. The van der Waals surface area contributed by atoms with E-state index in [0.717, 1.165) is 34.4 Å². The third-order valence-electron chi connectivity index (χ3n) is 5.94. The zero-order valence-electron chi connectivity index (χ0n) is 17.9. The molecule has 0 saturated carbocycles. The van der Waals surface area contributed by atoms with E-state index in [2.05, 4.69) is 24.0 Å². The monoisotopic (exact) mass is 451 g/mol.